The van der Waals surface area contributed by atoms with Crippen molar-refractivity contribution in [3.8, 4) is 5.75 Å². The molecule has 0 amide bonds. The molecule has 1 heterocycles. The standard InChI is InChI=1S/C10H12O.C3H8/c1-8-4-5-10-9(7-8)3-2-6-11-10;1-3-2/h4-5,7H,2-3,6H2,1H3;3H2,1-2H3. The molecular weight excluding hydrogens is 172 g/mol. The summed E-state index contributed by atoms with van der Waals surface area (Å²) in [4.78, 5) is 0. The van der Waals surface area contributed by atoms with E-state index in [1.807, 2.05) is 0 Å². The molecule has 0 unspecified atom stereocenters. The lowest BCUT2D eigenvalue weighted by molar-refractivity contribution is 0.288. The molecule has 1 aromatic rings. The molecule has 2 rings (SSSR count). The molecule has 14 heavy (non-hydrogen) atoms. The third-order valence-corrected chi connectivity index (χ3v) is 2.06. The minimum Gasteiger partial charge on any atom is -0.493 e. The van der Waals surface area contributed by atoms with E-state index >= 15 is 0 Å². The van der Waals surface area contributed by atoms with Gasteiger partial charge in [0, 0.05) is 0 Å². The molecule has 0 spiro atoms. The van der Waals surface area contributed by atoms with Crippen molar-refractivity contribution >= 4 is 0 Å². The zero-order chi connectivity index (χ0) is 10.4. The van der Waals surface area contributed by atoms with Crippen molar-refractivity contribution in [2.75, 3.05) is 6.61 Å². The fourth-order valence-electron chi connectivity index (χ4n) is 1.49. The topological polar surface area (TPSA) is 9.23 Å². The monoisotopic (exact) mass is 192 g/mol. The molecule has 0 atom stereocenters. The summed E-state index contributed by atoms with van der Waals surface area (Å²) in [5.41, 5.74) is 2.70. The number of hydrogen-bond donors (Lipinski definition) is 0. The Morgan fingerprint density at radius 3 is 2.71 bits per heavy atom. The zero-order valence-corrected chi connectivity index (χ0v) is 9.47. The fourth-order valence-corrected chi connectivity index (χ4v) is 1.49. The Balaban J connectivity index is 0.000000293. The van der Waals surface area contributed by atoms with Gasteiger partial charge in [0.15, 0.2) is 0 Å². The first-order valence-electron chi connectivity index (χ1n) is 5.50. The third-order valence-electron chi connectivity index (χ3n) is 2.06. The van der Waals surface area contributed by atoms with E-state index in [-0.39, 0.29) is 0 Å². The number of benzene rings is 1. The Hall–Kier alpha value is -0.980. The lowest BCUT2D eigenvalue weighted by Crippen LogP contribution is -2.07. The van der Waals surface area contributed by atoms with Crippen molar-refractivity contribution in [2.24, 2.45) is 0 Å². The highest BCUT2D eigenvalue weighted by Crippen LogP contribution is 2.24. The summed E-state index contributed by atoms with van der Waals surface area (Å²) in [6, 6.07) is 6.39. The fraction of sp³-hybridized carbons (Fsp3) is 0.538. The Labute approximate surface area is 87.1 Å². The lowest BCUT2D eigenvalue weighted by Gasteiger charge is -2.16. The lowest BCUT2D eigenvalue weighted by atomic mass is 10.0. The molecule has 0 saturated heterocycles. The maximum absolute atomic E-state index is 5.48. The predicted molar refractivity (Wildman–Crippen MR) is 61.0 cm³/mol. The second-order valence-corrected chi connectivity index (χ2v) is 3.77. The molecule has 1 aliphatic rings. The van der Waals surface area contributed by atoms with Crippen LogP contribution in [0, 0.1) is 6.92 Å². The van der Waals surface area contributed by atoms with Crippen LogP contribution < -0.4 is 4.74 Å². The summed E-state index contributed by atoms with van der Waals surface area (Å²) in [5.74, 6) is 1.09. The van der Waals surface area contributed by atoms with Crippen LogP contribution in [-0.4, -0.2) is 6.61 Å². The Morgan fingerprint density at radius 2 is 2.00 bits per heavy atom. The largest absolute Gasteiger partial charge is 0.493 e. The molecule has 0 saturated carbocycles. The number of aryl methyl sites for hydroxylation is 2. The quantitative estimate of drug-likeness (QED) is 0.608. The molecule has 78 valence electrons. The first kappa shape index (κ1) is 11.1. The van der Waals surface area contributed by atoms with E-state index in [9.17, 15) is 0 Å². The number of fused-ring (bicyclic) bond motifs is 1. The van der Waals surface area contributed by atoms with Crippen LogP contribution in [-0.2, 0) is 6.42 Å². The maximum Gasteiger partial charge on any atom is 0.122 e. The van der Waals surface area contributed by atoms with Crippen molar-refractivity contribution in [3.05, 3.63) is 29.3 Å². The van der Waals surface area contributed by atoms with Gasteiger partial charge in [-0.05, 0) is 31.4 Å². The summed E-state index contributed by atoms with van der Waals surface area (Å²) in [6.07, 6.45) is 3.59. The summed E-state index contributed by atoms with van der Waals surface area (Å²) in [6.45, 7) is 7.25. The minimum atomic E-state index is 0.885. The summed E-state index contributed by atoms with van der Waals surface area (Å²) < 4.78 is 5.48. The van der Waals surface area contributed by atoms with Crippen LogP contribution in [0.25, 0.3) is 0 Å². The van der Waals surface area contributed by atoms with Gasteiger partial charge in [0.25, 0.3) is 0 Å². The molecule has 0 aromatic heterocycles. The van der Waals surface area contributed by atoms with E-state index in [0.29, 0.717) is 0 Å². The van der Waals surface area contributed by atoms with Crippen LogP contribution in [0.3, 0.4) is 0 Å². The average Bonchev–Trinajstić information content (AvgIpc) is 2.19. The molecule has 1 nitrogen and oxygen atoms in total. The number of hydrogen-bond acceptors (Lipinski definition) is 1. The molecule has 0 aliphatic carbocycles. The van der Waals surface area contributed by atoms with Gasteiger partial charge in [0.05, 0.1) is 6.61 Å². The van der Waals surface area contributed by atoms with Gasteiger partial charge < -0.3 is 4.74 Å². The van der Waals surface area contributed by atoms with Gasteiger partial charge in [-0.1, -0.05) is 38.0 Å². The average molecular weight is 192 g/mol. The van der Waals surface area contributed by atoms with Gasteiger partial charge in [0.1, 0.15) is 5.75 Å². The number of rotatable bonds is 0. The summed E-state index contributed by atoms with van der Waals surface area (Å²) in [5, 5.41) is 0. The molecule has 0 N–H and O–H groups in total. The second kappa shape index (κ2) is 5.69. The van der Waals surface area contributed by atoms with Crippen molar-refractivity contribution in [1.29, 1.82) is 0 Å². The Kier molecular flexibility index (Phi) is 4.51. The van der Waals surface area contributed by atoms with E-state index in [0.717, 1.165) is 18.8 Å². The normalized spacial score (nSPS) is 13.4. The molecule has 1 heteroatoms. The van der Waals surface area contributed by atoms with Gasteiger partial charge in [-0.15, -0.1) is 0 Å². The molecule has 0 radical (unpaired) electrons. The smallest absolute Gasteiger partial charge is 0.122 e. The molecule has 1 aromatic carbocycles. The summed E-state index contributed by atoms with van der Waals surface area (Å²) in [7, 11) is 0. The van der Waals surface area contributed by atoms with Gasteiger partial charge in [-0.2, -0.15) is 0 Å². The van der Waals surface area contributed by atoms with Gasteiger partial charge in [-0.25, -0.2) is 0 Å². The van der Waals surface area contributed by atoms with Crippen LogP contribution in [0.15, 0.2) is 18.2 Å². The highest BCUT2D eigenvalue weighted by Gasteiger charge is 2.08. The van der Waals surface area contributed by atoms with E-state index < -0.39 is 0 Å². The van der Waals surface area contributed by atoms with Crippen LogP contribution in [0.2, 0.25) is 0 Å². The van der Waals surface area contributed by atoms with Crippen molar-refractivity contribution in [1.82, 2.24) is 0 Å². The molecule has 1 aliphatic heterocycles. The second-order valence-electron chi connectivity index (χ2n) is 3.77. The van der Waals surface area contributed by atoms with Crippen molar-refractivity contribution < 1.29 is 4.74 Å². The summed E-state index contributed by atoms with van der Waals surface area (Å²) >= 11 is 0. The SMILES string of the molecule is CCC.Cc1ccc2c(c1)CCCO2. The predicted octanol–water partition coefficient (Wildman–Crippen LogP) is 3.74. The van der Waals surface area contributed by atoms with Crippen LogP contribution in [0.5, 0.6) is 5.75 Å². The maximum atomic E-state index is 5.48. The number of ether oxygens (including phenoxy) is 1. The highest BCUT2D eigenvalue weighted by molar-refractivity contribution is 5.37. The third kappa shape index (κ3) is 3.06. The van der Waals surface area contributed by atoms with Gasteiger partial charge in [0.2, 0.25) is 0 Å². The zero-order valence-electron chi connectivity index (χ0n) is 9.47. The molecule has 0 fully saturated rings. The van der Waals surface area contributed by atoms with Crippen molar-refractivity contribution in [2.45, 2.75) is 40.0 Å². The van der Waals surface area contributed by atoms with Gasteiger partial charge in [-0.3, -0.25) is 0 Å². The Bertz CT molecular complexity index is 279. The van der Waals surface area contributed by atoms with Crippen molar-refractivity contribution in [3.63, 3.8) is 0 Å². The van der Waals surface area contributed by atoms with E-state index in [1.165, 1.54) is 24.0 Å². The van der Waals surface area contributed by atoms with Crippen LogP contribution >= 0.6 is 0 Å². The van der Waals surface area contributed by atoms with E-state index in [2.05, 4.69) is 39.0 Å². The van der Waals surface area contributed by atoms with E-state index in [1.54, 1.807) is 0 Å². The first-order chi connectivity index (χ1) is 6.77. The van der Waals surface area contributed by atoms with Gasteiger partial charge >= 0.3 is 0 Å². The minimum absolute atomic E-state index is 0.885. The highest BCUT2D eigenvalue weighted by atomic mass is 16.5. The molecule has 0 bridgehead atoms. The van der Waals surface area contributed by atoms with E-state index in [4.69, 9.17) is 4.74 Å². The van der Waals surface area contributed by atoms with Crippen LogP contribution in [0.4, 0.5) is 0 Å². The first-order valence-corrected chi connectivity index (χ1v) is 5.50. The molecular formula is C13H20O. The van der Waals surface area contributed by atoms with Crippen LogP contribution in [0.1, 0.15) is 37.8 Å². The Morgan fingerprint density at radius 1 is 1.29 bits per heavy atom.